The molecule has 3 aromatic heterocycles. The summed E-state index contributed by atoms with van der Waals surface area (Å²) in [5.74, 6) is -0.291. The predicted octanol–water partition coefficient (Wildman–Crippen LogP) is 7.29. The fourth-order valence-electron chi connectivity index (χ4n) is 6.06. The summed E-state index contributed by atoms with van der Waals surface area (Å²) in [4.78, 5) is 20.1. The number of ether oxygens (including phenoxy) is 2. The van der Waals surface area contributed by atoms with Crippen LogP contribution in [0.1, 0.15) is 74.0 Å². The van der Waals surface area contributed by atoms with Gasteiger partial charge in [-0.1, -0.05) is 18.5 Å². The number of halogens is 2. The molecule has 1 fully saturated rings. The second-order valence-corrected chi connectivity index (χ2v) is 10.7. The maximum Gasteiger partial charge on any atom is 0.308 e. The number of H-pyrrole nitrogens is 1. The van der Waals surface area contributed by atoms with E-state index >= 15 is 0 Å². The Morgan fingerprint density at radius 3 is 2.69 bits per heavy atom. The number of aromatic nitrogens is 4. The van der Waals surface area contributed by atoms with Gasteiger partial charge < -0.3 is 14.5 Å². The fourth-order valence-corrected chi connectivity index (χ4v) is 6.38. The lowest BCUT2D eigenvalue weighted by Crippen LogP contribution is -2.26. The Hall–Kier alpha value is -3.39. The minimum atomic E-state index is -0.479. The Morgan fingerprint density at radius 2 is 2.00 bits per heavy atom. The van der Waals surface area contributed by atoms with Crippen LogP contribution in [-0.2, 0) is 9.53 Å². The Morgan fingerprint density at radius 1 is 1.26 bits per heavy atom. The molecule has 1 saturated carbocycles. The quantitative estimate of drug-likeness (QED) is 0.243. The molecule has 0 amide bonds. The van der Waals surface area contributed by atoms with E-state index in [0.29, 0.717) is 17.9 Å². The zero-order valence-electron chi connectivity index (χ0n) is 23.0. The normalized spacial score (nSPS) is 18.3. The largest absolute Gasteiger partial charge is 0.496 e. The number of rotatable bonds is 7. The minimum absolute atomic E-state index is 0.0246. The molecule has 1 aliphatic carbocycles. The molecular weight excluding hydrogens is 519 g/mol. The van der Waals surface area contributed by atoms with Crippen molar-refractivity contribution >= 4 is 28.6 Å². The number of esters is 1. The zero-order valence-corrected chi connectivity index (χ0v) is 23.7. The molecule has 0 saturated heterocycles. The van der Waals surface area contributed by atoms with Crippen LogP contribution in [0.15, 0.2) is 30.6 Å². The number of fused-ring (bicyclic) bond motifs is 1. The zero-order chi connectivity index (χ0) is 27.8. The molecule has 7 nitrogen and oxygen atoms in total. The number of methoxy groups -OCH3 is 1. The fraction of sp³-hybridized carbons (Fsp3) is 0.433. The molecule has 0 spiro atoms. The highest BCUT2D eigenvalue weighted by Crippen LogP contribution is 2.42. The summed E-state index contributed by atoms with van der Waals surface area (Å²) in [5.41, 5.74) is 6.32. The SMILES string of the molecule is CCOC(=O)C1CCC(n2nc(C)c(-c3cnc4[nH]cc([C@H](C)c5c(OC)ccc(F)c5Cl)c4c3)c2C)CC1. The van der Waals surface area contributed by atoms with Gasteiger partial charge in [0.1, 0.15) is 17.2 Å². The third-order valence-electron chi connectivity index (χ3n) is 8.05. The van der Waals surface area contributed by atoms with Crippen molar-refractivity contribution in [3.8, 4) is 16.9 Å². The number of hydrogen-bond acceptors (Lipinski definition) is 5. The summed E-state index contributed by atoms with van der Waals surface area (Å²) in [5, 5.41) is 5.92. The summed E-state index contributed by atoms with van der Waals surface area (Å²) in [6.07, 6.45) is 7.15. The number of nitrogens with one attached hydrogen (secondary N) is 1. The molecule has 1 aromatic carbocycles. The number of pyridine rings is 1. The maximum absolute atomic E-state index is 14.4. The number of carbonyl (C=O) groups is 1. The first kappa shape index (κ1) is 27.2. The van der Waals surface area contributed by atoms with Gasteiger partial charge in [-0.2, -0.15) is 5.10 Å². The van der Waals surface area contributed by atoms with Crippen LogP contribution >= 0.6 is 11.6 Å². The van der Waals surface area contributed by atoms with Gasteiger partial charge in [-0.15, -0.1) is 0 Å². The van der Waals surface area contributed by atoms with E-state index in [0.717, 1.165) is 64.8 Å². The van der Waals surface area contributed by atoms with Gasteiger partial charge in [0.15, 0.2) is 0 Å². The van der Waals surface area contributed by atoms with Gasteiger partial charge in [0.2, 0.25) is 0 Å². The number of carbonyl (C=O) groups excluding carboxylic acids is 1. The summed E-state index contributed by atoms with van der Waals surface area (Å²) < 4.78 is 27.3. The minimum Gasteiger partial charge on any atom is -0.496 e. The van der Waals surface area contributed by atoms with Crippen molar-refractivity contribution in [1.82, 2.24) is 19.7 Å². The van der Waals surface area contributed by atoms with Crippen molar-refractivity contribution in [2.75, 3.05) is 13.7 Å². The number of aromatic amines is 1. The average molecular weight is 553 g/mol. The van der Waals surface area contributed by atoms with Crippen molar-refractivity contribution in [2.24, 2.45) is 5.92 Å². The van der Waals surface area contributed by atoms with E-state index in [4.69, 9.17) is 31.2 Å². The molecule has 0 radical (unpaired) electrons. The van der Waals surface area contributed by atoms with Crippen molar-refractivity contribution < 1.29 is 18.7 Å². The van der Waals surface area contributed by atoms with Crippen molar-refractivity contribution in [2.45, 2.75) is 65.3 Å². The maximum atomic E-state index is 14.4. The van der Waals surface area contributed by atoms with Crippen LogP contribution in [0.2, 0.25) is 5.02 Å². The number of benzene rings is 1. The Labute approximate surface area is 232 Å². The average Bonchev–Trinajstić information content (AvgIpc) is 3.49. The van der Waals surface area contributed by atoms with E-state index in [-0.39, 0.29) is 28.9 Å². The number of hydrogen-bond donors (Lipinski definition) is 1. The Kier molecular flexibility index (Phi) is 7.67. The van der Waals surface area contributed by atoms with Crippen LogP contribution in [-0.4, -0.2) is 39.4 Å². The topological polar surface area (TPSA) is 82.0 Å². The van der Waals surface area contributed by atoms with E-state index in [9.17, 15) is 9.18 Å². The third kappa shape index (κ3) is 4.91. The second kappa shape index (κ2) is 11.0. The first-order valence-corrected chi connectivity index (χ1v) is 13.8. The Bertz CT molecular complexity index is 1520. The summed E-state index contributed by atoms with van der Waals surface area (Å²) in [6.45, 7) is 8.36. The van der Waals surface area contributed by atoms with E-state index in [1.54, 1.807) is 13.2 Å². The van der Waals surface area contributed by atoms with Gasteiger partial charge in [-0.3, -0.25) is 9.48 Å². The molecule has 1 atom stereocenters. The molecule has 9 heteroatoms. The van der Waals surface area contributed by atoms with Crippen LogP contribution in [0, 0.1) is 25.6 Å². The molecule has 0 bridgehead atoms. The highest BCUT2D eigenvalue weighted by Gasteiger charge is 2.30. The molecule has 1 aliphatic rings. The van der Waals surface area contributed by atoms with Crippen LogP contribution in [0.4, 0.5) is 4.39 Å². The highest BCUT2D eigenvalue weighted by atomic mass is 35.5. The lowest BCUT2D eigenvalue weighted by molar-refractivity contribution is -0.149. The van der Waals surface area contributed by atoms with Gasteiger partial charge in [0.05, 0.1) is 36.4 Å². The number of nitrogens with zero attached hydrogens (tertiary/aromatic N) is 3. The van der Waals surface area contributed by atoms with Crippen LogP contribution in [0.3, 0.4) is 0 Å². The third-order valence-corrected chi connectivity index (χ3v) is 8.44. The predicted molar refractivity (Wildman–Crippen MR) is 150 cm³/mol. The van der Waals surface area contributed by atoms with Gasteiger partial charge >= 0.3 is 5.97 Å². The van der Waals surface area contributed by atoms with Gasteiger partial charge in [-0.25, -0.2) is 9.37 Å². The van der Waals surface area contributed by atoms with Gasteiger partial charge in [0, 0.05) is 46.1 Å². The van der Waals surface area contributed by atoms with Crippen molar-refractivity contribution in [3.05, 3.63) is 63.9 Å². The lowest BCUT2D eigenvalue weighted by atomic mass is 9.86. The van der Waals surface area contributed by atoms with Crippen molar-refractivity contribution in [3.63, 3.8) is 0 Å². The molecule has 39 heavy (non-hydrogen) atoms. The van der Waals surface area contributed by atoms with Gasteiger partial charge in [0.25, 0.3) is 0 Å². The lowest BCUT2D eigenvalue weighted by Gasteiger charge is -2.28. The standard InChI is InChI=1S/C30H34ClFN4O3/c1-6-39-30(37)19-7-9-21(10-8-19)36-18(4)27(17(3)35-36)20-13-22-23(15-34-29(22)33-14-20)16(2)26-25(38-5)12-11-24(32)28(26)31/h11-16,19,21H,6-10H2,1-5H3,(H,33,34)/t16-,19?,21?/m0/s1. The molecule has 0 aliphatic heterocycles. The molecule has 206 valence electrons. The van der Waals surface area contributed by atoms with Crippen LogP contribution in [0.25, 0.3) is 22.2 Å². The van der Waals surface area contributed by atoms with E-state index in [1.807, 2.05) is 33.2 Å². The summed E-state index contributed by atoms with van der Waals surface area (Å²) in [6, 6.07) is 5.28. The molecular formula is C30H34ClFN4O3. The van der Waals surface area contributed by atoms with E-state index in [2.05, 4.69) is 22.7 Å². The smallest absolute Gasteiger partial charge is 0.308 e. The highest BCUT2D eigenvalue weighted by molar-refractivity contribution is 6.31. The first-order chi connectivity index (χ1) is 18.7. The monoisotopic (exact) mass is 552 g/mol. The first-order valence-electron chi connectivity index (χ1n) is 13.5. The van der Waals surface area contributed by atoms with Crippen LogP contribution < -0.4 is 4.74 Å². The number of aryl methyl sites for hydroxylation is 1. The van der Waals surface area contributed by atoms with Gasteiger partial charge in [-0.05, 0) is 70.2 Å². The summed E-state index contributed by atoms with van der Waals surface area (Å²) in [7, 11) is 1.56. The molecule has 3 heterocycles. The molecule has 5 rings (SSSR count). The molecule has 1 N–H and O–H groups in total. The second-order valence-electron chi connectivity index (χ2n) is 10.3. The van der Waals surface area contributed by atoms with Crippen LogP contribution in [0.5, 0.6) is 5.75 Å². The van der Waals surface area contributed by atoms with Crippen molar-refractivity contribution in [1.29, 1.82) is 0 Å². The summed E-state index contributed by atoms with van der Waals surface area (Å²) >= 11 is 6.41. The molecule has 4 aromatic rings. The molecule has 0 unspecified atom stereocenters. The Balaban J connectivity index is 1.47. The van der Waals surface area contributed by atoms with E-state index in [1.165, 1.54) is 6.07 Å². The van der Waals surface area contributed by atoms with E-state index < -0.39 is 5.82 Å².